The van der Waals surface area contributed by atoms with E-state index in [2.05, 4.69) is 0 Å². The van der Waals surface area contributed by atoms with Crippen molar-refractivity contribution in [2.45, 2.75) is 6.61 Å². The fourth-order valence-corrected chi connectivity index (χ4v) is 2.25. The van der Waals surface area contributed by atoms with Crippen molar-refractivity contribution >= 4 is 34.2 Å². The van der Waals surface area contributed by atoms with E-state index in [4.69, 9.17) is 9.84 Å². The highest BCUT2D eigenvalue weighted by Gasteiger charge is 2.15. The zero-order chi connectivity index (χ0) is 15.4. The summed E-state index contributed by atoms with van der Waals surface area (Å²) >= 11 is 2.00. The Balaban J connectivity index is 2.25. The topological polar surface area (TPSA) is 89.7 Å². The molecule has 0 aliphatic rings. The lowest BCUT2D eigenvalue weighted by molar-refractivity contribution is -0.385. The molecule has 108 valence electrons. The molecule has 0 radical (unpaired) electrons. The number of nitrogens with zero attached hydrogens (tertiary/aromatic N) is 1. The van der Waals surface area contributed by atoms with Crippen molar-refractivity contribution in [2.24, 2.45) is 0 Å². The Morgan fingerprint density at radius 1 is 1.29 bits per heavy atom. The molecule has 0 aliphatic carbocycles. The third kappa shape index (κ3) is 3.69. The van der Waals surface area contributed by atoms with Crippen LogP contribution in [0.2, 0.25) is 0 Å². The number of aromatic carboxylic acids is 1. The van der Waals surface area contributed by atoms with Crippen molar-refractivity contribution in [3.63, 3.8) is 0 Å². The summed E-state index contributed by atoms with van der Waals surface area (Å²) in [4.78, 5) is 21.6. The van der Waals surface area contributed by atoms with Gasteiger partial charge in [0.1, 0.15) is 17.9 Å². The van der Waals surface area contributed by atoms with Crippen molar-refractivity contribution in [3.8, 4) is 5.75 Å². The monoisotopic (exact) mass is 399 g/mol. The van der Waals surface area contributed by atoms with E-state index in [-0.39, 0.29) is 23.6 Å². The lowest BCUT2D eigenvalue weighted by atomic mass is 10.2. The van der Waals surface area contributed by atoms with Crippen molar-refractivity contribution in [3.05, 3.63) is 67.3 Å². The molecule has 0 fully saturated rings. The predicted octanol–water partition coefficient (Wildman–Crippen LogP) is 3.48. The van der Waals surface area contributed by atoms with Crippen molar-refractivity contribution < 1.29 is 19.6 Å². The number of rotatable bonds is 5. The van der Waals surface area contributed by atoms with Gasteiger partial charge in [0, 0.05) is 9.64 Å². The summed E-state index contributed by atoms with van der Waals surface area (Å²) in [6, 6.07) is 10.9. The minimum Gasteiger partial charge on any atom is -0.488 e. The molecule has 0 aromatic heterocycles. The molecule has 0 unspecified atom stereocenters. The number of benzene rings is 2. The summed E-state index contributed by atoms with van der Waals surface area (Å²) in [5.41, 5.74) is 0.359. The highest BCUT2D eigenvalue weighted by Crippen LogP contribution is 2.24. The number of carboxylic acid groups (broad SMARTS) is 1. The molecule has 0 heterocycles. The van der Waals surface area contributed by atoms with E-state index in [1.54, 1.807) is 30.3 Å². The first kappa shape index (κ1) is 15.2. The molecule has 2 rings (SSSR count). The van der Waals surface area contributed by atoms with E-state index < -0.39 is 10.9 Å². The van der Waals surface area contributed by atoms with Gasteiger partial charge in [-0.05, 0) is 46.9 Å². The molecule has 0 aliphatic heterocycles. The molecule has 2 aromatic carbocycles. The molecule has 7 heteroatoms. The molecule has 0 bridgehead atoms. The Bertz CT molecular complexity index is 702. The second kappa shape index (κ2) is 6.53. The molecule has 0 amide bonds. The van der Waals surface area contributed by atoms with E-state index >= 15 is 0 Å². The van der Waals surface area contributed by atoms with Gasteiger partial charge in [-0.3, -0.25) is 10.1 Å². The predicted molar refractivity (Wildman–Crippen MR) is 83.5 cm³/mol. The first-order valence-corrected chi connectivity index (χ1v) is 6.95. The lowest BCUT2D eigenvalue weighted by Gasteiger charge is -2.09. The zero-order valence-corrected chi connectivity index (χ0v) is 12.8. The summed E-state index contributed by atoms with van der Waals surface area (Å²) in [7, 11) is 0. The van der Waals surface area contributed by atoms with Crippen molar-refractivity contribution in [1.29, 1.82) is 0 Å². The third-order valence-corrected chi connectivity index (χ3v) is 3.41. The van der Waals surface area contributed by atoms with Crippen LogP contribution in [0.15, 0.2) is 42.5 Å². The summed E-state index contributed by atoms with van der Waals surface area (Å²) < 4.78 is 6.21. The molecule has 2 aromatic rings. The van der Waals surface area contributed by atoms with Gasteiger partial charge in [-0.1, -0.05) is 12.1 Å². The summed E-state index contributed by atoms with van der Waals surface area (Å²) in [5.74, 6) is -0.924. The third-order valence-electron chi connectivity index (χ3n) is 2.74. The molecule has 21 heavy (non-hydrogen) atoms. The number of ether oxygens (including phenoxy) is 1. The van der Waals surface area contributed by atoms with E-state index in [1.807, 2.05) is 22.6 Å². The van der Waals surface area contributed by atoms with Gasteiger partial charge in [0.05, 0.1) is 10.5 Å². The maximum absolute atomic E-state index is 11.2. The largest absolute Gasteiger partial charge is 0.488 e. The first-order chi connectivity index (χ1) is 9.99. The minimum atomic E-state index is -1.11. The van der Waals surface area contributed by atoms with Crippen LogP contribution in [0, 0.1) is 13.7 Å². The van der Waals surface area contributed by atoms with Gasteiger partial charge in [-0.2, -0.15) is 0 Å². The van der Waals surface area contributed by atoms with Crippen LogP contribution in [0.3, 0.4) is 0 Å². The smallest absolute Gasteiger partial charge is 0.339 e. The summed E-state index contributed by atoms with van der Waals surface area (Å²) in [6.07, 6.45) is 0. The Morgan fingerprint density at radius 3 is 2.67 bits per heavy atom. The van der Waals surface area contributed by atoms with Gasteiger partial charge < -0.3 is 9.84 Å². The Morgan fingerprint density at radius 2 is 2.00 bits per heavy atom. The maximum Gasteiger partial charge on any atom is 0.339 e. The van der Waals surface area contributed by atoms with Crippen LogP contribution in [-0.4, -0.2) is 16.0 Å². The fourth-order valence-electron chi connectivity index (χ4n) is 1.76. The van der Waals surface area contributed by atoms with Gasteiger partial charge in [0.25, 0.3) is 5.69 Å². The van der Waals surface area contributed by atoms with Gasteiger partial charge >= 0.3 is 5.97 Å². The second-order valence-electron chi connectivity index (χ2n) is 4.12. The number of carbonyl (C=O) groups is 1. The highest BCUT2D eigenvalue weighted by molar-refractivity contribution is 14.1. The van der Waals surface area contributed by atoms with Crippen molar-refractivity contribution in [2.75, 3.05) is 0 Å². The number of nitro benzene ring substituents is 1. The van der Waals surface area contributed by atoms with E-state index in [0.29, 0.717) is 5.56 Å². The zero-order valence-electron chi connectivity index (χ0n) is 10.7. The van der Waals surface area contributed by atoms with Crippen LogP contribution in [0.1, 0.15) is 15.9 Å². The normalized spacial score (nSPS) is 10.1. The number of para-hydroxylation sites is 1. The molecular formula is C14H10INO5. The quantitative estimate of drug-likeness (QED) is 0.473. The number of carboxylic acids is 1. The van der Waals surface area contributed by atoms with E-state index in [1.165, 1.54) is 12.1 Å². The van der Waals surface area contributed by atoms with Gasteiger partial charge in [-0.15, -0.1) is 0 Å². The fraction of sp³-hybridized carbons (Fsp3) is 0.0714. The second-order valence-corrected chi connectivity index (χ2v) is 5.37. The number of nitro groups is 1. The van der Waals surface area contributed by atoms with Crippen LogP contribution in [0.4, 0.5) is 5.69 Å². The summed E-state index contributed by atoms with van der Waals surface area (Å²) in [5, 5.41) is 20.0. The van der Waals surface area contributed by atoms with Crippen LogP contribution >= 0.6 is 22.6 Å². The maximum atomic E-state index is 11.2. The molecule has 0 atom stereocenters. The standard InChI is InChI=1S/C14H10INO5/c15-10-5-6-13(11(7-10)14(17)18)21-8-9-3-1-2-4-12(9)16(19)20/h1-7H,8H2,(H,17,18). The van der Waals surface area contributed by atoms with Gasteiger partial charge in [0.2, 0.25) is 0 Å². The average Bonchev–Trinajstić information content (AvgIpc) is 2.46. The molecule has 1 N–H and O–H groups in total. The molecule has 0 spiro atoms. The molecule has 6 nitrogen and oxygen atoms in total. The van der Waals surface area contributed by atoms with Crippen LogP contribution in [0.25, 0.3) is 0 Å². The van der Waals surface area contributed by atoms with Crippen molar-refractivity contribution in [1.82, 2.24) is 0 Å². The minimum absolute atomic E-state index is 0.0282. The first-order valence-electron chi connectivity index (χ1n) is 5.87. The number of hydrogen-bond donors (Lipinski definition) is 1. The highest BCUT2D eigenvalue weighted by atomic mass is 127. The van der Waals surface area contributed by atoms with E-state index in [0.717, 1.165) is 3.57 Å². The Kier molecular flexibility index (Phi) is 4.73. The van der Waals surface area contributed by atoms with Gasteiger partial charge in [0.15, 0.2) is 0 Å². The number of hydrogen-bond acceptors (Lipinski definition) is 4. The average molecular weight is 399 g/mol. The molecule has 0 saturated heterocycles. The lowest BCUT2D eigenvalue weighted by Crippen LogP contribution is -2.05. The van der Waals surface area contributed by atoms with E-state index in [9.17, 15) is 14.9 Å². The van der Waals surface area contributed by atoms with Crippen LogP contribution in [-0.2, 0) is 6.61 Å². The number of halogens is 1. The van der Waals surface area contributed by atoms with Gasteiger partial charge in [-0.25, -0.2) is 4.79 Å². The summed E-state index contributed by atoms with van der Waals surface area (Å²) in [6.45, 7) is -0.0714. The Labute approximate surface area is 133 Å². The SMILES string of the molecule is O=C(O)c1cc(I)ccc1OCc1ccccc1[N+](=O)[O-]. The molecule has 0 saturated carbocycles. The van der Waals surface area contributed by atoms with Crippen LogP contribution < -0.4 is 4.74 Å². The van der Waals surface area contributed by atoms with Crippen LogP contribution in [0.5, 0.6) is 5.75 Å². The molecular weight excluding hydrogens is 389 g/mol. The Hall–Kier alpha value is -2.16.